The Kier molecular flexibility index (Phi) is 7.33. The van der Waals surface area contributed by atoms with Crippen LogP contribution in [0.4, 0.5) is 21.7 Å². The molecule has 1 N–H and O–H groups in total. The van der Waals surface area contributed by atoms with E-state index in [1.54, 1.807) is 48.0 Å². The number of rotatable bonds is 7. The number of nitrogens with one attached hydrogen (secondary N) is 1. The van der Waals surface area contributed by atoms with E-state index in [1.807, 2.05) is 36.0 Å². The van der Waals surface area contributed by atoms with Crippen molar-refractivity contribution in [3.63, 3.8) is 0 Å². The summed E-state index contributed by atoms with van der Waals surface area (Å²) in [6, 6.07) is 8.45. The van der Waals surface area contributed by atoms with E-state index in [2.05, 4.69) is 30.3 Å². The Morgan fingerprint density at radius 2 is 2.07 bits per heavy atom. The smallest absolute Gasteiger partial charge is 0.246 e. The highest BCUT2D eigenvalue weighted by molar-refractivity contribution is 5.91. The van der Waals surface area contributed by atoms with Gasteiger partial charge in [0, 0.05) is 56.1 Å². The Labute approximate surface area is 257 Å². The molecule has 2 bridgehead atoms. The molecule has 1 amide bonds. The fraction of sp³-hybridized carbons (Fsp3) is 0.290. The number of carbonyl (C=O) groups excluding carboxylic acids is 1. The van der Waals surface area contributed by atoms with E-state index < -0.39 is 5.82 Å². The van der Waals surface area contributed by atoms with Gasteiger partial charge in [0.25, 0.3) is 0 Å². The normalized spacial score (nSPS) is 16.2. The highest BCUT2D eigenvalue weighted by Crippen LogP contribution is 2.37. The number of carbonyl (C=O) groups is 1. The fourth-order valence-corrected chi connectivity index (χ4v) is 5.50. The molecule has 1 fully saturated rings. The second kappa shape index (κ2) is 11.6. The maximum absolute atomic E-state index is 15.7. The number of hydrogen-bond acceptors (Lipinski definition) is 11. The molecule has 1 atom stereocenters. The molecular formula is C31H31FN10O3. The Balaban J connectivity index is 1.12. The molecule has 45 heavy (non-hydrogen) atoms. The van der Waals surface area contributed by atoms with Gasteiger partial charge in [-0.05, 0) is 39.2 Å². The summed E-state index contributed by atoms with van der Waals surface area (Å²) in [6.45, 7) is 4.39. The third-order valence-electron chi connectivity index (χ3n) is 7.85. The van der Waals surface area contributed by atoms with Gasteiger partial charge in [-0.1, -0.05) is 6.08 Å². The standard InChI is InChI=1S/C31H31FN10O3/c1-19-24(45-21-8-10-42-26(13-21)34-18-36-42)7-6-22(28(19)32)37-30-29-23(33-17-35-30)14-25-31(38-29)40-11-12-41(20(15-40)16-44-25)27(43)5-4-9-39(2)3/h4-8,10,13-14,17-18,20H,9,11-12,15-16H2,1-3H3,(H,33,35,37)/t20-/m0/s1. The lowest BCUT2D eigenvalue weighted by Gasteiger charge is -2.39. The fourth-order valence-electron chi connectivity index (χ4n) is 5.50. The monoisotopic (exact) mass is 610 g/mol. The number of aromatic nitrogens is 6. The summed E-state index contributed by atoms with van der Waals surface area (Å²) in [7, 11) is 3.91. The summed E-state index contributed by atoms with van der Waals surface area (Å²) in [5.41, 5.74) is 2.18. The first kappa shape index (κ1) is 28.4. The summed E-state index contributed by atoms with van der Waals surface area (Å²) < 4.78 is 29.4. The summed E-state index contributed by atoms with van der Waals surface area (Å²) in [5.74, 6) is 1.95. The molecule has 230 valence electrons. The van der Waals surface area contributed by atoms with Crippen molar-refractivity contribution >= 4 is 39.9 Å². The molecule has 14 heteroatoms. The number of halogens is 1. The number of piperazine rings is 1. The van der Waals surface area contributed by atoms with Crippen LogP contribution in [0.2, 0.25) is 0 Å². The quantitative estimate of drug-likeness (QED) is 0.272. The van der Waals surface area contributed by atoms with Crippen LogP contribution in [-0.2, 0) is 4.79 Å². The third-order valence-corrected chi connectivity index (χ3v) is 7.85. The van der Waals surface area contributed by atoms with Crippen molar-refractivity contribution in [1.82, 2.24) is 39.3 Å². The maximum atomic E-state index is 15.7. The topological polar surface area (TPSA) is 126 Å². The van der Waals surface area contributed by atoms with Crippen molar-refractivity contribution < 1.29 is 18.7 Å². The molecule has 13 nitrogen and oxygen atoms in total. The number of hydrogen-bond donors (Lipinski definition) is 1. The van der Waals surface area contributed by atoms with Gasteiger partial charge in [-0.25, -0.2) is 28.8 Å². The number of benzene rings is 1. The molecule has 0 radical (unpaired) electrons. The second-order valence-electron chi connectivity index (χ2n) is 11.2. The van der Waals surface area contributed by atoms with Crippen molar-refractivity contribution in [2.24, 2.45) is 0 Å². The molecule has 7 rings (SSSR count). The van der Waals surface area contributed by atoms with Crippen LogP contribution in [-0.4, -0.2) is 98.2 Å². The van der Waals surface area contributed by atoms with Crippen molar-refractivity contribution in [2.75, 3.05) is 57.1 Å². The van der Waals surface area contributed by atoms with E-state index >= 15 is 4.39 Å². The number of anilines is 3. The second-order valence-corrected chi connectivity index (χ2v) is 11.2. The first-order chi connectivity index (χ1) is 21.8. The van der Waals surface area contributed by atoms with Gasteiger partial charge in [0.05, 0.1) is 17.2 Å². The molecule has 6 heterocycles. The molecular weight excluding hydrogens is 579 g/mol. The Morgan fingerprint density at radius 3 is 2.93 bits per heavy atom. The predicted octanol–water partition coefficient (Wildman–Crippen LogP) is 3.58. The number of nitrogens with zero attached hydrogens (tertiary/aromatic N) is 9. The van der Waals surface area contributed by atoms with Crippen molar-refractivity contribution in [3.8, 4) is 17.2 Å². The molecule has 5 aromatic rings. The van der Waals surface area contributed by atoms with Crippen molar-refractivity contribution in [3.05, 3.63) is 72.7 Å². The molecule has 2 aliphatic heterocycles. The number of amides is 1. The molecule has 4 aromatic heterocycles. The number of ether oxygens (including phenoxy) is 2. The molecule has 0 unspecified atom stereocenters. The van der Waals surface area contributed by atoms with Gasteiger partial charge < -0.3 is 29.5 Å². The highest BCUT2D eigenvalue weighted by atomic mass is 19.1. The number of likely N-dealkylation sites (N-methyl/N-ethyl adjacent to an activating group) is 1. The average molecular weight is 611 g/mol. The van der Waals surface area contributed by atoms with Gasteiger partial charge in [-0.3, -0.25) is 4.79 Å². The minimum Gasteiger partial charge on any atom is -0.487 e. The Hall–Kier alpha value is -5.37. The lowest BCUT2D eigenvalue weighted by Crippen LogP contribution is -2.56. The Morgan fingerprint density at radius 1 is 1.18 bits per heavy atom. The number of pyridine rings is 2. The van der Waals surface area contributed by atoms with Crippen LogP contribution in [0.1, 0.15) is 5.56 Å². The van der Waals surface area contributed by atoms with Gasteiger partial charge in [0.15, 0.2) is 28.8 Å². The van der Waals surface area contributed by atoms with E-state index in [9.17, 15) is 4.79 Å². The average Bonchev–Trinajstić information content (AvgIpc) is 3.46. The van der Waals surface area contributed by atoms with E-state index in [4.69, 9.17) is 14.5 Å². The van der Waals surface area contributed by atoms with Crippen molar-refractivity contribution in [2.45, 2.75) is 13.0 Å². The van der Waals surface area contributed by atoms with E-state index in [0.717, 1.165) is 0 Å². The first-order valence-electron chi connectivity index (χ1n) is 14.5. The first-order valence-corrected chi connectivity index (χ1v) is 14.5. The van der Waals surface area contributed by atoms with Crippen LogP contribution in [0.15, 0.2) is 61.3 Å². The van der Waals surface area contributed by atoms with Crippen LogP contribution >= 0.6 is 0 Å². The molecule has 0 aliphatic carbocycles. The van der Waals surface area contributed by atoms with Crippen LogP contribution < -0.4 is 19.7 Å². The molecule has 1 saturated heterocycles. The zero-order valence-corrected chi connectivity index (χ0v) is 25.0. The SMILES string of the molecule is Cc1c(Oc2ccn3ncnc3c2)ccc(Nc2ncnc3cc4c(nc23)N2CCN(C(=O)C=CCN(C)C)[C@H](CO4)C2)c1F. The van der Waals surface area contributed by atoms with Gasteiger partial charge in [0.2, 0.25) is 5.91 Å². The zero-order valence-electron chi connectivity index (χ0n) is 25.0. The summed E-state index contributed by atoms with van der Waals surface area (Å²) in [4.78, 5) is 36.8. The van der Waals surface area contributed by atoms with Crippen LogP contribution in [0, 0.1) is 12.7 Å². The highest BCUT2D eigenvalue weighted by Gasteiger charge is 2.35. The largest absolute Gasteiger partial charge is 0.487 e. The summed E-state index contributed by atoms with van der Waals surface area (Å²) >= 11 is 0. The van der Waals surface area contributed by atoms with Gasteiger partial charge >= 0.3 is 0 Å². The lowest BCUT2D eigenvalue weighted by molar-refractivity contribution is -0.129. The lowest BCUT2D eigenvalue weighted by atomic mass is 10.1. The molecule has 1 aromatic carbocycles. The van der Waals surface area contributed by atoms with Gasteiger partial charge in [0.1, 0.15) is 36.3 Å². The third kappa shape index (κ3) is 5.55. The molecule has 0 spiro atoms. The van der Waals surface area contributed by atoms with Gasteiger partial charge in [-0.2, -0.15) is 5.10 Å². The maximum Gasteiger partial charge on any atom is 0.246 e. The van der Waals surface area contributed by atoms with E-state index in [1.165, 1.54) is 12.7 Å². The van der Waals surface area contributed by atoms with E-state index in [0.29, 0.717) is 83.9 Å². The van der Waals surface area contributed by atoms with Crippen LogP contribution in [0.5, 0.6) is 17.2 Å². The minimum absolute atomic E-state index is 0.0309. The number of fused-ring (bicyclic) bond motifs is 6. The summed E-state index contributed by atoms with van der Waals surface area (Å²) in [6.07, 6.45) is 8.07. The molecule has 0 saturated carbocycles. The summed E-state index contributed by atoms with van der Waals surface area (Å²) in [5, 5.41) is 7.18. The van der Waals surface area contributed by atoms with E-state index in [-0.39, 0.29) is 17.6 Å². The Bertz CT molecular complexity index is 1940. The predicted molar refractivity (Wildman–Crippen MR) is 166 cm³/mol. The zero-order chi connectivity index (χ0) is 31.1. The van der Waals surface area contributed by atoms with Gasteiger partial charge in [-0.15, -0.1) is 0 Å². The molecule has 2 aliphatic rings. The van der Waals surface area contributed by atoms with Crippen molar-refractivity contribution in [1.29, 1.82) is 0 Å². The van der Waals surface area contributed by atoms with Crippen LogP contribution in [0.25, 0.3) is 16.7 Å². The minimum atomic E-state index is -0.482. The van der Waals surface area contributed by atoms with Crippen LogP contribution in [0.3, 0.4) is 0 Å².